The summed E-state index contributed by atoms with van der Waals surface area (Å²) in [6, 6.07) is 0. The van der Waals surface area contributed by atoms with E-state index in [0.717, 1.165) is 11.8 Å². The van der Waals surface area contributed by atoms with Crippen molar-refractivity contribution in [3.8, 4) is 0 Å². The van der Waals surface area contributed by atoms with Gasteiger partial charge in [0.25, 0.3) is 0 Å². The summed E-state index contributed by atoms with van der Waals surface area (Å²) in [5, 5.41) is 0. The third-order valence-corrected chi connectivity index (χ3v) is 2.80. The normalized spacial score (nSPS) is 37.5. The fourth-order valence-electron chi connectivity index (χ4n) is 2.03. The van der Waals surface area contributed by atoms with Crippen molar-refractivity contribution in [2.45, 2.75) is 26.2 Å². The van der Waals surface area contributed by atoms with E-state index in [9.17, 15) is 0 Å². The molecule has 0 radical (unpaired) electrons. The van der Waals surface area contributed by atoms with E-state index in [1.807, 2.05) is 0 Å². The van der Waals surface area contributed by atoms with Crippen LogP contribution in [0.2, 0.25) is 0 Å². The average molecular weight is 134 g/mol. The molecule has 0 spiro atoms. The zero-order valence-corrected chi connectivity index (χ0v) is 6.51. The summed E-state index contributed by atoms with van der Waals surface area (Å²) in [5.74, 6) is 1.77. The van der Waals surface area contributed by atoms with E-state index in [-0.39, 0.29) is 0 Å². The van der Waals surface area contributed by atoms with Gasteiger partial charge in [0.2, 0.25) is 0 Å². The van der Waals surface area contributed by atoms with Gasteiger partial charge in [0.05, 0.1) is 0 Å². The Labute approximate surface area is 62.6 Å². The van der Waals surface area contributed by atoms with Crippen molar-refractivity contribution in [2.24, 2.45) is 11.8 Å². The van der Waals surface area contributed by atoms with Crippen LogP contribution in [-0.2, 0) is 0 Å². The second-order valence-electron chi connectivity index (χ2n) is 3.54. The molecule has 0 amide bonds. The largest absolute Gasteiger partial charge is 0.0877 e. The van der Waals surface area contributed by atoms with Gasteiger partial charge < -0.3 is 0 Å². The molecule has 0 fully saturated rings. The van der Waals surface area contributed by atoms with E-state index >= 15 is 0 Å². The summed E-state index contributed by atoms with van der Waals surface area (Å²) in [6.45, 7) is 2.28. The molecule has 0 saturated carbocycles. The molecule has 2 aliphatic carbocycles. The topological polar surface area (TPSA) is 0 Å². The molecule has 2 aliphatic rings. The molecule has 10 heavy (non-hydrogen) atoms. The van der Waals surface area contributed by atoms with Crippen LogP contribution in [0.5, 0.6) is 0 Å². The van der Waals surface area contributed by atoms with E-state index in [2.05, 4.69) is 25.2 Å². The van der Waals surface area contributed by atoms with Crippen LogP contribution in [0.15, 0.2) is 23.8 Å². The minimum Gasteiger partial charge on any atom is -0.0877 e. The van der Waals surface area contributed by atoms with E-state index in [0.29, 0.717) is 0 Å². The maximum absolute atomic E-state index is 2.42. The van der Waals surface area contributed by atoms with Gasteiger partial charge in [-0.25, -0.2) is 0 Å². The Kier molecular flexibility index (Phi) is 1.40. The first-order valence-corrected chi connectivity index (χ1v) is 4.19. The Morgan fingerprint density at radius 2 is 2.30 bits per heavy atom. The molecule has 0 aromatic rings. The highest BCUT2D eigenvalue weighted by molar-refractivity contribution is 5.15. The van der Waals surface area contributed by atoms with Crippen LogP contribution in [0.1, 0.15) is 26.2 Å². The zero-order chi connectivity index (χ0) is 6.97. The van der Waals surface area contributed by atoms with Crippen molar-refractivity contribution < 1.29 is 0 Å². The monoisotopic (exact) mass is 134 g/mol. The van der Waals surface area contributed by atoms with Gasteiger partial charge in [0.1, 0.15) is 0 Å². The van der Waals surface area contributed by atoms with E-state index in [4.69, 9.17) is 0 Å². The summed E-state index contributed by atoms with van der Waals surface area (Å²) >= 11 is 0. The predicted octanol–water partition coefficient (Wildman–Crippen LogP) is 2.92. The lowest BCUT2D eigenvalue weighted by Crippen LogP contribution is -2.16. The van der Waals surface area contributed by atoms with E-state index in [1.165, 1.54) is 19.3 Å². The molecule has 0 heteroatoms. The van der Waals surface area contributed by atoms with E-state index < -0.39 is 0 Å². The van der Waals surface area contributed by atoms with Crippen LogP contribution in [0, 0.1) is 11.8 Å². The SMILES string of the molecule is CC1=CC[C@@H]2C=CC[C@H]1C2. The molecule has 0 nitrogen and oxygen atoms in total. The lowest BCUT2D eigenvalue weighted by Gasteiger charge is -2.29. The molecule has 0 saturated heterocycles. The fourth-order valence-corrected chi connectivity index (χ4v) is 2.03. The molecule has 2 bridgehead atoms. The van der Waals surface area contributed by atoms with Gasteiger partial charge in [-0.2, -0.15) is 0 Å². The lowest BCUT2D eigenvalue weighted by molar-refractivity contribution is 0.421. The van der Waals surface area contributed by atoms with Crippen LogP contribution in [0.25, 0.3) is 0 Å². The van der Waals surface area contributed by atoms with Gasteiger partial charge in [0, 0.05) is 0 Å². The van der Waals surface area contributed by atoms with E-state index in [1.54, 1.807) is 5.57 Å². The smallest absolute Gasteiger partial charge is 0.0166 e. The minimum atomic E-state index is 0.877. The summed E-state index contributed by atoms with van der Waals surface area (Å²) in [6.07, 6.45) is 11.2. The molecule has 2 rings (SSSR count). The summed E-state index contributed by atoms with van der Waals surface area (Å²) in [4.78, 5) is 0. The van der Waals surface area contributed by atoms with Crippen molar-refractivity contribution in [1.82, 2.24) is 0 Å². The Morgan fingerprint density at radius 1 is 1.40 bits per heavy atom. The molecule has 0 heterocycles. The molecule has 0 unspecified atom stereocenters. The van der Waals surface area contributed by atoms with Gasteiger partial charge in [-0.3, -0.25) is 0 Å². The Morgan fingerprint density at radius 3 is 3.10 bits per heavy atom. The molecule has 54 valence electrons. The van der Waals surface area contributed by atoms with Crippen LogP contribution in [0.3, 0.4) is 0 Å². The lowest BCUT2D eigenvalue weighted by atomic mass is 9.76. The number of hydrogen-bond acceptors (Lipinski definition) is 0. The van der Waals surface area contributed by atoms with Crippen LogP contribution in [0.4, 0.5) is 0 Å². The van der Waals surface area contributed by atoms with Crippen LogP contribution in [-0.4, -0.2) is 0 Å². The first kappa shape index (κ1) is 6.21. The highest BCUT2D eigenvalue weighted by Gasteiger charge is 2.21. The highest BCUT2D eigenvalue weighted by atomic mass is 14.3. The van der Waals surface area contributed by atoms with Crippen molar-refractivity contribution in [3.05, 3.63) is 23.8 Å². The van der Waals surface area contributed by atoms with Crippen molar-refractivity contribution >= 4 is 0 Å². The van der Waals surface area contributed by atoms with Gasteiger partial charge in [-0.05, 0) is 38.0 Å². The molecule has 0 N–H and O–H groups in total. The standard InChI is InChI=1S/C10H14/c1-8-5-6-9-3-2-4-10(8)7-9/h2-3,5,9-10H,4,6-7H2,1H3/t9-,10-/m0/s1. The quantitative estimate of drug-likeness (QED) is 0.447. The first-order valence-electron chi connectivity index (χ1n) is 4.19. The second kappa shape index (κ2) is 2.26. The van der Waals surface area contributed by atoms with Crippen molar-refractivity contribution in [2.75, 3.05) is 0 Å². The molecule has 2 atom stereocenters. The van der Waals surface area contributed by atoms with Crippen molar-refractivity contribution in [1.29, 1.82) is 0 Å². The summed E-state index contributed by atoms with van der Waals surface area (Å²) in [7, 11) is 0. The third kappa shape index (κ3) is 0.920. The minimum absolute atomic E-state index is 0.877. The molecular formula is C10H14. The number of fused-ring (bicyclic) bond motifs is 2. The first-order chi connectivity index (χ1) is 4.86. The van der Waals surface area contributed by atoms with Gasteiger partial charge >= 0.3 is 0 Å². The molecule has 0 aliphatic heterocycles. The Balaban J connectivity index is 2.22. The van der Waals surface area contributed by atoms with Gasteiger partial charge in [-0.15, -0.1) is 0 Å². The summed E-state index contributed by atoms with van der Waals surface area (Å²) < 4.78 is 0. The predicted molar refractivity (Wildman–Crippen MR) is 43.7 cm³/mol. The highest BCUT2D eigenvalue weighted by Crippen LogP contribution is 2.35. The number of rotatable bonds is 0. The van der Waals surface area contributed by atoms with Crippen LogP contribution < -0.4 is 0 Å². The van der Waals surface area contributed by atoms with Crippen molar-refractivity contribution in [3.63, 3.8) is 0 Å². The van der Waals surface area contributed by atoms with Gasteiger partial charge in [-0.1, -0.05) is 23.8 Å². The summed E-state index contributed by atoms with van der Waals surface area (Å²) in [5.41, 5.74) is 1.63. The Bertz CT molecular complexity index is 186. The molecular weight excluding hydrogens is 120 g/mol. The fraction of sp³-hybridized carbons (Fsp3) is 0.600. The third-order valence-electron chi connectivity index (χ3n) is 2.80. The number of hydrogen-bond donors (Lipinski definition) is 0. The van der Waals surface area contributed by atoms with Gasteiger partial charge in [0.15, 0.2) is 0 Å². The maximum atomic E-state index is 2.42. The second-order valence-corrected chi connectivity index (χ2v) is 3.54. The molecule has 0 aromatic carbocycles. The average Bonchev–Trinajstić information content (AvgIpc) is 1.99. The zero-order valence-electron chi connectivity index (χ0n) is 6.51. The number of allylic oxidation sites excluding steroid dienone is 4. The molecule has 0 aromatic heterocycles. The Hall–Kier alpha value is -0.520. The van der Waals surface area contributed by atoms with Crippen LogP contribution >= 0.6 is 0 Å². The maximum Gasteiger partial charge on any atom is -0.0166 e.